The van der Waals surface area contributed by atoms with Gasteiger partial charge in [-0.2, -0.15) is 5.10 Å². The number of carbonyl (C=O) groups excluding carboxylic acids is 2. The van der Waals surface area contributed by atoms with E-state index in [0.717, 1.165) is 0 Å². The van der Waals surface area contributed by atoms with Crippen LogP contribution in [0.5, 0.6) is 0 Å². The van der Waals surface area contributed by atoms with Crippen LogP contribution in [0.4, 0.5) is 5.69 Å². The molecule has 0 fully saturated rings. The highest BCUT2D eigenvalue weighted by atomic mass is 16.2. The van der Waals surface area contributed by atoms with Crippen molar-refractivity contribution < 1.29 is 9.59 Å². The maximum absolute atomic E-state index is 12.0. The molecule has 1 N–H and O–H groups in total. The van der Waals surface area contributed by atoms with E-state index in [2.05, 4.69) is 10.4 Å². The quantitative estimate of drug-likeness (QED) is 0.917. The van der Waals surface area contributed by atoms with Gasteiger partial charge in [-0.1, -0.05) is 6.07 Å². The third kappa shape index (κ3) is 3.03. The number of nitrogens with zero attached hydrogens (tertiary/aromatic N) is 3. The summed E-state index contributed by atoms with van der Waals surface area (Å²) in [5.74, 6) is -0.366. The second kappa shape index (κ2) is 5.56. The van der Waals surface area contributed by atoms with Crippen LogP contribution in [0.25, 0.3) is 0 Å². The van der Waals surface area contributed by atoms with Crippen LogP contribution in [0.3, 0.4) is 0 Å². The maximum Gasteiger partial charge on any atom is 0.258 e. The Bertz CT molecular complexity index is 646. The van der Waals surface area contributed by atoms with E-state index in [1.54, 1.807) is 56.3 Å². The lowest BCUT2D eigenvalue weighted by atomic mass is 10.1. The largest absolute Gasteiger partial charge is 0.345 e. The SMILES string of the molecule is CN(C)C(=O)c1cccc(NC(=O)c2cnn(C)c2)c1. The molecule has 1 heterocycles. The van der Waals surface area contributed by atoms with Crippen LogP contribution < -0.4 is 5.32 Å². The lowest BCUT2D eigenvalue weighted by molar-refractivity contribution is 0.0827. The molecule has 1 aromatic heterocycles. The number of aromatic nitrogens is 2. The van der Waals surface area contributed by atoms with E-state index in [9.17, 15) is 9.59 Å². The van der Waals surface area contributed by atoms with Crippen LogP contribution in [0.15, 0.2) is 36.7 Å². The van der Waals surface area contributed by atoms with Crippen molar-refractivity contribution in [1.82, 2.24) is 14.7 Å². The van der Waals surface area contributed by atoms with Crippen molar-refractivity contribution in [3.8, 4) is 0 Å². The zero-order valence-electron chi connectivity index (χ0n) is 11.6. The molecule has 0 radical (unpaired) electrons. The van der Waals surface area contributed by atoms with Crippen LogP contribution in [0.1, 0.15) is 20.7 Å². The highest BCUT2D eigenvalue weighted by Gasteiger charge is 2.11. The molecule has 0 aliphatic rings. The molecule has 1 aromatic carbocycles. The van der Waals surface area contributed by atoms with Crippen molar-refractivity contribution in [2.75, 3.05) is 19.4 Å². The molecule has 0 bridgehead atoms. The molecule has 0 spiro atoms. The second-order valence-electron chi connectivity index (χ2n) is 4.64. The molecule has 20 heavy (non-hydrogen) atoms. The number of nitrogens with one attached hydrogen (secondary N) is 1. The first-order valence-electron chi connectivity index (χ1n) is 6.09. The number of amides is 2. The summed E-state index contributed by atoms with van der Waals surface area (Å²) in [5, 5.41) is 6.69. The van der Waals surface area contributed by atoms with Crippen molar-refractivity contribution in [2.45, 2.75) is 0 Å². The Morgan fingerprint density at radius 2 is 2.00 bits per heavy atom. The number of aryl methyl sites for hydroxylation is 1. The summed E-state index contributed by atoms with van der Waals surface area (Å²) >= 11 is 0. The van der Waals surface area contributed by atoms with Crippen molar-refractivity contribution >= 4 is 17.5 Å². The summed E-state index contributed by atoms with van der Waals surface area (Å²) in [5.41, 5.74) is 1.57. The van der Waals surface area contributed by atoms with Crippen LogP contribution in [-0.2, 0) is 7.05 Å². The molecular formula is C14H16N4O2. The van der Waals surface area contributed by atoms with Gasteiger partial charge in [-0.05, 0) is 18.2 Å². The first kappa shape index (κ1) is 13.8. The third-order valence-corrected chi connectivity index (χ3v) is 2.74. The lowest BCUT2D eigenvalue weighted by Crippen LogP contribution is -2.21. The minimum Gasteiger partial charge on any atom is -0.345 e. The number of rotatable bonds is 3. The van der Waals surface area contributed by atoms with Gasteiger partial charge in [-0.3, -0.25) is 14.3 Å². The molecule has 0 saturated heterocycles. The van der Waals surface area contributed by atoms with Gasteiger partial charge in [-0.15, -0.1) is 0 Å². The summed E-state index contributed by atoms with van der Waals surface area (Å²) in [6.07, 6.45) is 3.12. The topological polar surface area (TPSA) is 67.2 Å². The molecule has 104 valence electrons. The average molecular weight is 272 g/mol. The Kier molecular flexibility index (Phi) is 3.84. The Labute approximate surface area is 117 Å². The first-order valence-corrected chi connectivity index (χ1v) is 6.09. The van der Waals surface area contributed by atoms with Gasteiger partial charge in [0.2, 0.25) is 0 Å². The number of carbonyl (C=O) groups is 2. The number of anilines is 1. The smallest absolute Gasteiger partial charge is 0.258 e. The molecule has 0 unspecified atom stereocenters. The monoisotopic (exact) mass is 272 g/mol. The zero-order valence-corrected chi connectivity index (χ0v) is 11.6. The van der Waals surface area contributed by atoms with E-state index in [1.165, 1.54) is 11.1 Å². The highest BCUT2D eigenvalue weighted by molar-refractivity contribution is 6.04. The van der Waals surface area contributed by atoms with Gasteiger partial charge in [0.1, 0.15) is 0 Å². The predicted octanol–water partition coefficient (Wildman–Crippen LogP) is 1.37. The van der Waals surface area contributed by atoms with Crippen molar-refractivity contribution in [1.29, 1.82) is 0 Å². The predicted molar refractivity (Wildman–Crippen MR) is 75.6 cm³/mol. The third-order valence-electron chi connectivity index (χ3n) is 2.74. The van der Waals surface area contributed by atoms with Gasteiger partial charge < -0.3 is 10.2 Å². The summed E-state index contributed by atoms with van der Waals surface area (Å²) in [6.45, 7) is 0. The van der Waals surface area contributed by atoms with Crippen molar-refractivity contribution in [3.05, 3.63) is 47.8 Å². The minimum absolute atomic E-state index is 0.109. The molecule has 6 nitrogen and oxygen atoms in total. The Morgan fingerprint density at radius 1 is 1.25 bits per heavy atom. The molecule has 0 saturated carbocycles. The fraction of sp³-hybridized carbons (Fsp3) is 0.214. The van der Waals surface area contributed by atoms with E-state index >= 15 is 0 Å². The normalized spacial score (nSPS) is 10.2. The molecule has 2 aromatic rings. The zero-order chi connectivity index (χ0) is 14.7. The standard InChI is InChI=1S/C14H16N4O2/c1-17(2)14(20)10-5-4-6-12(7-10)16-13(19)11-8-15-18(3)9-11/h4-9H,1-3H3,(H,16,19). The van der Waals surface area contributed by atoms with Gasteiger partial charge in [0, 0.05) is 38.6 Å². The summed E-state index contributed by atoms with van der Waals surface area (Å²) in [7, 11) is 5.11. The van der Waals surface area contributed by atoms with Gasteiger partial charge in [-0.25, -0.2) is 0 Å². The molecule has 0 aliphatic carbocycles. The first-order chi connectivity index (χ1) is 9.47. The fourth-order valence-electron chi connectivity index (χ4n) is 1.73. The van der Waals surface area contributed by atoms with Crippen LogP contribution in [0, 0.1) is 0 Å². The van der Waals surface area contributed by atoms with Crippen LogP contribution in [0.2, 0.25) is 0 Å². The van der Waals surface area contributed by atoms with E-state index in [4.69, 9.17) is 0 Å². The number of hydrogen-bond acceptors (Lipinski definition) is 3. The molecule has 2 rings (SSSR count). The van der Waals surface area contributed by atoms with Gasteiger partial charge in [0.15, 0.2) is 0 Å². The van der Waals surface area contributed by atoms with Gasteiger partial charge in [0.05, 0.1) is 11.8 Å². The second-order valence-corrected chi connectivity index (χ2v) is 4.64. The molecule has 2 amide bonds. The number of benzene rings is 1. The van der Waals surface area contributed by atoms with E-state index < -0.39 is 0 Å². The van der Waals surface area contributed by atoms with E-state index in [-0.39, 0.29) is 11.8 Å². The minimum atomic E-state index is -0.257. The van der Waals surface area contributed by atoms with E-state index in [1.807, 2.05) is 0 Å². The molecular weight excluding hydrogens is 256 g/mol. The van der Waals surface area contributed by atoms with E-state index in [0.29, 0.717) is 16.8 Å². The van der Waals surface area contributed by atoms with Gasteiger partial charge >= 0.3 is 0 Å². The van der Waals surface area contributed by atoms with Crippen LogP contribution in [-0.4, -0.2) is 40.6 Å². The van der Waals surface area contributed by atoms with Crippen LogP contribution >= 0.6 is 0 Å². The lowest BCUT2D eigenvalue weighted by Gasteiger charge is -2.11. The Morgan fingerprint density at radius 3 is 2.60 bits per heavy atom. The fourth-order valence-corrected chi connectivity index (χ4v) is 1.73. The van der Waals surface area contributed by atoms with Gasteiger partial charge in [0.25, 0.3) is 11.8 Å². The Balaban J connectivity index is 2.16. The Hall–Kier alpha value is -2.63. The molecule has 0 atom stereocenters. The summed E-state index contributed by atoms with van der Waals surface area (Å²) in [6, 6.07) is 6.83. The highest BCUT2D eigenvalue weighted by Crippen LogP contribution is 2.13. The average Bonchev–Trinajstić information content (AvgIpc) is 2.85. The number of hydrogen-bond donors (Lipinski definition) is 1. The summed E-state index contributed by atoms with van der Waals surface area (Å²) < 4.78 is 1.56. The van der Waals surface area contributed by atoms with Crippen molar-refractivity contribution in [2.24, 2.45) is 7.05 Å². The molecule has 6 heteroatoms. The molecule has 0 aliphatic heterocycles. The summed E-state index contributed by atoms with van der Waals surface area (Å²) in [4.78, 5) is 25.3. The maximum atomic E-state index is 12.0. The van der Waals surface area contributed by atoms with Crippen molar-refractivity contribution in [3.63, 3.8) is 0 Å².